The lowest BCUT2D eigenvalue weighted by atomic mass is 10.2. The second-order valence-electron chi connectivity index (χ2n) is 6.84. The van der Waals surface area contributed by atoms with E-state index in [1.807, 2.05) is 18.2 Å². The maximum atomic E-state index is 13.7. The third kappa shape index (κ3) is 5.27. The number of nitrogens with zero attached hydrogens (tertiary/aromatic N) is 3. The summed E-state index contributed by atoms with van der Waals surface area (Å²) in [6, 6.07) is 23.8. The summed E-state index contributed by atoms with van der Waals surface area (Å²) in [5, 5.41) is 7.55. The van der Waals surface area contributed by atoms with Crippen LogP contribution in [0, 0.1) is 0 Å². The van der Waals surface area contributed by atoms with Crippen molar-refractivity contribution in [1.82, 2.24) is 15.2 Å². The summed E-state index contributed by atoms with van der Waals surface area (Å²) < 4.78 is 47.5. The van der Waals surface area contributed by atoms with Gasteiger partial charge in [0.2, 0.25) is 0 Å². The Kier molecular flexibility index (Phi) is 6.21. The molecule has 1 heterocycles. The number of para-hydroxylation sites is 2. The molecule has 166 valence electrons. The number of aromatic nitrogens is 2. The molecular weight excluding hydrogens is 433 g/mol. The fraction of sp³-hybridized carbons (Fsp3) is 0.0417. The third-order valence-electron chi connectivity index (χ3n) is 4.50. The van der Waals surface area contributed by atoms with Crippen molar-refractivity contribution in [3.8, 4) is 17.2 Å². The molecule has 0 aliphatic carbocycles. The predicted molar refractivity (Wildman–Crippen MR) is 117 cm³/mol. The fourth-order valence-corrected chi connectivity index (χ4v) is 3.06. The number of hydrogen-bond acceptors (Lipinski definition) is 4. The molecule has 6 nitrogen and oxygen atoms in total. The molecule has 0 bridgehead atoms. The maximum absolute atomic E-state index is 13.7. The Labute approximate surface area is 186 Å². The molecule has 9 heteroatoms. The van der Waals surface area contributed by atoms with Gasteiger partial charge in [-0.15, -0.1) is 0 Å². The molecule has 0 radical (unpaired) electrons. The number of rotatable bonds is 6. The molecule has 0 spiro atoms. The van der Waals surface area contributed by atoms with Gasteiger partial charge < -0.3 is 4.74 Å². The number of amides is 1. The van der Waals surface area contributed by atoms with Gasteiger partial charge in [0.15, 0.2) is 5.69 Å². The summed E-state index contributed by atoms with van der Waals surface area (Å²) in [5.74, 6) is 0.160. The summed E-state index contributed by atoms with van der Waals surface area (Å²) in [6.45, 7) is 0. The van der Waals surface area contributed by atoms with E-state index in [-0.39, 0.29) is 5.69 Å². The molecule has 0 atom stereocenters. The van der Waals surface area contributed by atoms with Crippen LogP contribution in [0.2, 0.25) is 0 Å². The van der Waals surface area contributed by atoms with Crippen LogP contribution < -0.4 is 10.2 Å². The van der Waals surface area contributed by atoms with Crippen LogP contribution in [0.15, 0.2) is 96.2 Å². The van der Waals surface area contributed by atoms with E-state index in [4.69, 9.17) is 4.74 Å². The molecule has 0 saturated carbocycles. The van der Waals surface area contributed by atoms with E-state index in [1.54, 1.807) is 54.6 Å². The molecule has 33 heavy (non-hydrogen) atoms. The van der Waals surface area contributed by atoms with E-state index in [1.165, 1.54) is 18.3 Å². The first-order valence-electron chi connectivity index (χ1n) is 9.79. The highest BCUT2D eigenvalue weighted by Gasteiger charge is 2.40. The molecular formula is C24H17F3N4O2. The Morgan fingerprint density at radius 1 is 0.939 bits per heavy atom. The summed E-state index contributed by atoms with van der Waals surface area (Å²) in [7, 11) is 0. The van der Waals surface area contributed by atoms with Crippen LogP contribution in [0.4, 0.5) is 13.2 Å². The molecule has 4 rings (SSSR count). The highest BCUT2D eigenvalue weighted by molar-refractivity contribution is 5.96. The average molecular weight is 450 g/mol. The van der Waals surface area contributed by atoms with Gasteiger partial charge in [-0.1, -0.05) is 48.5 Å². The first-order valence-corrected chi connectivity index (χ1v) is 9.79. The van der Waals surface area contributed by atoms with Gasteiger partial charge in [-0.25, -0.2) is 10.1 Å². The number of benzene rings is 3. The minimum absolute atomic E-state index is 0.183. The van der Waals surface area contributed by atoms with Crippen molar-refractivity contribution < 1.29 is 22.7 Å². The Morgan fingerprint density at radius 2 is 1.61 bits per heavy atom. The number of hydrazone groups is 1. The van der Waals surface area contributed by atoms with Gasteiger partial charge in [-0.05, 0) is 42.0 Å². The summed E-state index contributed by atoms with van der Waals surface area (Å²) in [5.41, 5.74) is 1.08. The van der Waals surface area contributed by atoms with E-state index in [2.05, 4.69) is 15.6 Å². The monoisotopic (exact) mass is 450 g/mol. The van der Waals surface area contributed by atoms with E-state index < -0.39 is 23.3 Å². The van der Waals surface area contributed by atoms with Gasteiger partial charge in [-0.3, -0.25) is 4.79 Å². The predicted octanol–water partition coefficient (Wildman–Crippen LogP) is 5.45. The zero-order valence-corrected chi connectivity index (χ0v) is 17.0. The van der Waals surface area contributed by atoms with Gasteiger partial charge in [-0.2, -0.15) is 23.4 Å². The fourth-order valence-electron chi connectivity index (χ4n) is 3.06. The number of halogens is 3. The van der Waals surface area contributed by atoms with Gasteiger partial charge in [0.1, 0.15) is 11.5 Å². The molecule has 0 fully saturated rings. The number of hydrogen-bond donors (Lipinski definition) is 1. The lowest BCUT2D eigenvalue weighted by Gasteiger charge is -2.12. The van der Waals surface area contributed by atoms with Crippen molar-refractivity contribution in [2.75, 3.05) is 0 Å². The smallest absolute Gasteiger partial charge is 0.434 e. The quantitative estimate of drug-likeness (QED) is 0.314. The molecule has 0 aliphatic rings. The van der Waals surface area contributed by atoms with Crippen molar-refractivity contribution in [1.29, 1.82) is 0 Å². The Morgan fingerprint density at radius 3 is 2.30 bits per heavy atom. The zero-order chi connectivity index (χ0) is 23.3. The molecule has 0 saturated heterocycles. The molecule has 1 aromatic heterocycles. The van der Waals surface area contributed by atoms with Gasteiger partial charge >= 0.3 is 6.18 Å². The number of carbonyl (C=O) groups excluding carboxylic acids is 1. The van der Waals surface area contributed by atoms with E-state index in [0.29, 0.717) is 21.7 Å². The van der Waals surface area contributed by atoms with Crippen LogP contribution >= 0.6 is 0 Å². The van der Waals surface area contributed by atoms with Crippen molar-refractivity contribution in [3.63, 3.8) is 0 Å². The molecule has 3 aromatic carbocycles. The topological polar surface area (TPSA) is 68.5 Å². The molecule has 4 aromatic rings. The number of ether oxygens (including phenoxy) is 1. The Hall–Kier alpha value is -4.40. The SMILES string of the molecule is O=C(N/N=C\c1cccc(Oc2ccccc2)c1)c1cnn(-c2ccccc2)c1C(F)(F)F. The maximum Gasteiger partial charge on any atom is 0.434 e. The first kappa shape index (κ1) is 21.8. The molecule has 1 amide bonds. The van der Waals surface area contributed by atoms with E-state index in [9.17, 15) is 18.0 Å². The highest BCUT2D eigenvalue weighted by atomic mass is 19.4. The van der Waals surface area contributed by atoms with Gasteiger partial charge in [0, 0.05) is 0 Å². The second-order valence-corrected chi connectivity index (χ2v) is 6.84. The number of carbonyl (C=O) groups is 1. The normalized spacial score (nSPS) is 11.5. The van der Waals surface area contributed by atoms with Crippen LogP contribution in [0.25, 0.3) is 5.69 Å². The third-order valence-corrected chi connectivity index (χ3v) is 4.50. The summed E-state index contributed by atoms with van der Waals surface area (Å²) >= 11 is 0. The van der Waals surface area contributed by atoms with Crippen molar-refractivity contribution >= 4 is 12.1 Å². The van der Waals surface area contributed by atoms with Crippen molar-refractivity contribution in [2.24, 2.45) is 5.10 Å². The largest absolute Gasteiger partial charge is 0.457 e. The Bertz CT molecular complexity index is 1270. The lowest BCUT2D eigenvalue weighted by Crippen LogP contribution is -2.23. The average Bonchev–Trinajstić information content (AvgIpc) is 3.27. The number of nitrogens with one attached hydrogen (secondary N) is 1. The molecule has 1 N–H and O–H groups in total. The van der Waals surface area contributed by atoms with Gasteiger partial charge in [0.25, 0.3) is 5.91 Å². The lowest BCUT2D eigenvalue weighted by molar-refractivity contribution is -0.143. The minimum Gasteiger partial charge on any atom is -0.457 e. The summed E-state index contributed by atoms with van der Waals surface area (Å²) in [6.07, 6.45) is -2.62. The van der Waals surface area contributed by atoms with Crippen molar-refractivity contribution in [2.45, 2.75) is 6.18 Å². The van der Waals surface area contributed by atoms with Crippen LogP contribution in [0.5, 0.6) is 11.5 Å². The Balaban J connectivity index is 1.50. The highest BCUT2D eigenvalue weighted by Crippen LogP contribution is 2.33. The van der Waals surface area contributed by atoms with E-state index in [0.717, 1.165) is 6.20 Å². The van der Waals surface area contributed by atoms with Crippen LogP contribution in [0.1, 0.15) is 21.6 Å². The van der Waals surface area contributed by atoms with Crippen LogP contribution in [-0.4, -0.2) is 21.9 Å². The standard InChI is InChI=1S/C24H17F3N4O2/c25-24(26,27)22-21(16-29-31(22)18-9-3-1-4-10-18)23(32)30-28-15-17-8-7-13-20(14-17)33-19-11-5-2-6-12-19/h1-16H,(H,30,32)/b28-15-. The zero-order valence-electron chi connectivity index (χ0n) is 17.0. The molecule has 0 unspecified atom stereocenters. The van der Waals surface area contributed by atoms with Crippen LogP contribution in [0.3, 0.4) is 0 Å². The van der Waals surface area contributed by atoms with Crippen molar-refractivity contribution in [3.05, 3.63) is 108 Å². The first-order chi connectivity index (χ1) is 15.9. The second kappa shape index (κ2) is 9.39. The number of alkyl halides is 3. The van der Waals surface area contributed by atoms with Gasteiger partial charge in [0.05, 0.1) is 23.7 Å². The summed E-state index contributed by atoms with van der Waals surface area (Å²) in [4.78, 5) is 12.5. The van der Waals surface area contributed by atoms with E-state index >= 15 is 0 Å². The minimum atomic E-state index is -4.80. The van der Waals surface area contributed by atoms with Crippen LogP contribution in [-0.2, 0) is 6.18 Å². The molecule has 0 aliphatic heterocycles.